The number of fused-ring (bicyclic) bond motifs is 1. The zero-order valence-electron chi connectivity index (χ0n) is 20.7. The second-order valence-electron chi connectivity index (χ2n) is 8.66. The average Bonchev–Trinajstić information content (AvgIpc) is 3.23. The maximum Gasteiger partial charge on any atom is 0.416 e. The number of aromatic nitrogens is 3. The molecule has 0 atom stereocenters. The molecule has 1 amide bonds. The average molecular weight is 565 g/mol. The summed E-state index contributed by atoms with van der Waals surface area (Å²) < 4.78 is 47.1. The van der Waals surface area contributed by atoms with E-state index in [9.17, 15) is 22.8 Å². The number of carbonyl (C=O) groups excluding carboxylic acids is 1. The number of pyridine rings is 1. The highest BCUT2D eigenvalue weighted by Gasteiger charge is 2.30. The van der Waals surface area contributed by atoms with E-state index < -0.39 is 17.4 Å². The van der Waals surface area contributed by atoms with Crippen molar-refractivity contribution in [3.8, 4) is 17.1 Å². The minimum absolute atomic E-state index is 0.000880. The summed E-state index contributed by atoms with van der Waals surface area (Å²) in [6, 6.07) is 17.9. The molecule has 0 fully saturated rings. The number of ether oxygens (including phenoxy) is 1. The lowest BCUT2D eigenvalue weighted by atomic mass is 10.1. The molecule has 202 valence electrons. The summed E-state index contributed by atoms with van der Waals surface area (Å²) in [5.74, 6) is -0.0858. The number of anilines is 1. The monoisotopic (exact) mass is 564 g/mol. The molecule has 0 spiro atoms. The van der Waals surface area contributed by atoms with Gasteiger partial charge in [-0.05, 0) is 66.2 Å². The largest absolute Gasteiger partial charge is 0.487 e. The minimum Gasteiger partial charge on any atom is -0.487 e. The Bertz CT molecular complexity index is 1790. The first kappa shape index (κ1) is 26.8. The van der Waals surface area contributed by atoms with E-state index in [1.165, 1.54) is 21.3 Å². The van der Waals surface area contributed by atoms with E-state index in [0.29, 0.717) is 39.4 Å². The molecule has 0 aliphatic rings. The smallest absolute Gasteiger partial charge is 0.416 e. The highest BCUT2D eigenvalue weighted by molar-refractivity contribution is 6.32. The normalized spacial score (nSPS) is 11.4. The Labute approximate surface area is 230 Å². The van der Waals surface area contributed by atoms with E-state index in [-0.39, 0.29) is 17.5 Å². The Morgan fingerprint density at radius 2 is 1.73 bits per heavy atom. The maximum absolute atomic E-state index is 13.7. The number of rotatable bonds is 7. The number of hydrogen-bond donors (Lipinski definition) is 1. The third-order valence-corrected chi connectivity index (χ3v) is 6.34. The van der Waals surface area contributed by atoms with Gasteiger partial charge in [0.1, 0.15) is 12.4 Å². The summed E-state index contributed by atoms with van der Waals surface area (Å²) in [7, 11) is 0. The van der Waals surface area contributed by atoms with Crippen molar-refractivity contribution >= 4 is 34.2 Å². The van der Waals surface area contributed by atoms with Crippen molar-refractivity contribution in [1.82, 2.24) is 14.1 Å². The number of amides is 1. The highest BCUT2D eigenvalue weighted by atomic mass is 35.5. The molecule has 0 unspecified atom stereocenters. The molecule has 5 aromatic rings. The van der Waals surface area contributed by atoms with Gasteiger partial charge in [-0.25, -0.2) is 4.79 Å². The molecule has 0 bridgehead atoms. The van der Waals surface area contributed by atoms with Crippen molar-refractivity contribution < 1.29 is 22.7 Å². The van der Waals surface area contributed by atoms with Crippen LogP contribution in [0, 0.1) is 0 Å². The Balaban J connectivity index is 1.47. The van der Waals surface area contributed by atoms with Crippen LogP contribution in [0.25, 0.3) is 22.4 Å². The summed E-state index contributed by atoms with van der Waals surface area (Å²) in [5.41, 5.74) is 1.94. The molecular formula is C29H20ClF3N4O3. The third-order valence-electron chi connectivity index (χ3n) is 6.05. The Morgan fingerprint density at radius 3 is 2.42 bits per heavy atom. The highest BCUT2D eigenvalue weighted by Crippen LogP contribution is 2.31. The summed E-state index contributed by atoms with van der Waals surface area (Å²) in [6.45, 7) is 3.45. The van der Waals surface area contributed by atoms with Crippen molar-refractivity contribution in [2.75, 3.05) is 5.32 Å². The maximum atomic E-state index is 13.7. The summed E-state index contributed by atoms with van der Waals surface area (Å²) >= 11 is 6.48. The number of imidazole rings is 1. The van der Waals surface area contributed by atoms with Crippen LogP contribution >= 0.6 is 11.6 Å². The van der Waals surface area contributed by atoms with E-state index in [2.05, 4.69) is 16.9 Å². The number of benzene rings is 3. The Kier molecular flexibility index (Phi) is 7.19. The van der Waals surface area contributed by atoms with Gasteiger partial charge in [0.2, 0.25) is 5.91 Å². The van der Waals surface area contributed by atoms with E-state index in [1.807, 2.05) is 0 Å². The summed E-state index contributed by atoms with van der Waals surface area (Å²) in [4.78, 5) is 29.7. The van der Waals surface area contributed by atoms with E-state index >= 15 is 0 Å². The quantitative estimate of drug-likeness (QED) is 0.227. The van der Waals surface area contributed by atoms with Gasteiger partial charge in [-0.3, -0.25) is 18.9 Å². The van der Waals surface area contributed by atoms with Gasteiger partial charge in [-0.15, -0.1) is 0 Å². The van der Waals surface area contributed by atoms with Gasteiger partial charge < -0.3 is 10.1 Å². The van der Waals surface area contributed by atoms with Gasteiger partial charge in [-0.2, -0.15) is 13.2 Å². The standard InChI is InChI=1S/C29H20ClF3N4O3/c1-2-27(38)35-20-4-3-5-21(14-20)36-24-12-13-34-16-25(24)37(28(36)39)22-10-11-26(23(30)15-22)40-17-18-6-8-19(9-7-18)29(31,32)33/h2-16H,1,17H2,(H,35,38). The van der Waals surface area contributed by atoms with Crippen LogP contribution in [0.2, 0.25) is 5.02 Å². The van der Waals surface area contributed by atoms with Crippen molar-refractivity contribution in [3.63, 3.8) is 0 Å². The molecule has 7 nitrogen and oxygen atoms in total. The minimum atomic E-state index is -4.42. The van der Waals surface area contributed by atoms with Crippen LogP contribution in [0.4, 0.5) is 18.9 Å². The molecule has 0 saturated heterocycles. The van der Waals surface area contributed by atoms with Gasteiger partial charge >= 0.3 is 11.9 Å². The number of halogens is 4. The lowest BCUT2D eigenvalue weighted by molar-refractivity contribution is -0.137. The first-order valence-corrected chi connectivity index (χ1v) is 12.2. The summed E-state index contributed by atoms with van der Waals surface area (Å²) in [5, 5.41) is 2.89. The lowest BCUT2D eigenvalue weighted by Crippen LogP contribution is -2.22. The lowest BCUT2D eigenvalue weighted by Gasteiger charge is -2.11. The van der Waals surface area contributed by atoms with Gasteiger partial charge in [0.15, 0.2) is 0 Å². The Morgan fingerprint density at radius 1 is 1.00 bits per heavy atom. The Hall–Kier alpha value is -4.83. The van der Waals surface area contributed by atoms with Crippen molar-refractivity contribution in [1.29, 1.82) is 0 Å². The molecule has 40 heavy (non-hydrogen) atoms. The van der Waals surface area contributed by atoms with Crippen LogP contribution in [-0.2, 0) is 17.6 Å². The molecular weight excluding hydrogens is 545 g/mol. The molecule has 2 aromatic heterocycles. The molecule has 0 aliphatic carbocycles. The second-order valence-corrected chi connectivity index (χ2v) is 9.07. The van der Waals surface area contributed by atoms with Crippen LogP contribution in [0.1, 0.15) is 11.1 Å². The van der Waals surface area contributed by atoms with E-state index in [1.54, 1.807) is 60.9 Å². The van der Waals surface area contributed by atoms with E-state index in [0.717, 1.165) is 18.2 Å². The molecule has 2 heterocycles. The molecule has 1 N–H and O–H groups in total. The number of alkyl halides is 3. The van der Waals surface area contributed by atoms with Crippen LogP contribution in [0.5, 0.6) is 5.75 Å². The van der Waals surface area contributed by atoms with Gasteiger partial charge in [0.25, 0.3) is 0 Å². The first-order valence-electron chi connectivity index (χ1n) is 11.9. The van der Waals surface area contributed by atoms with Crippen molar-refractivity contribution in [2.24, 2.45) is 0 Å². The van der Waals surface area contributed by atoms with Crippen molar-refractivity contribution in [2.45, 2.75) is 12.8 Å². The zero-order valence-corrected chi connectivity index (χ0v) is 21.4. The molecule has 0 saturated carbocycles. The molecule has 0 aliphatic heterocycles. The number of nitrogens with one attached hydrogen (secondary N) is 1. The fourth-order valence-corrected chi connectivity index (χ4v) is 4.39. The van der Waals surface area contributed by atoms with Crippen molar-refractivity contribution in [3.05, 3.63) is 124 Å². The zero-order chi connectivity index (χ0) is 28.4. The third kappa shape index (κ3) is 5.34. The van der Waals surface area contributed by atoms with Crippen LogP contribution in [-0.4, -0.2) is 20.0 Å². The SMILES string of the molecule is C=CC(=O)Nc1cccc(-n2c(=O)n(-c3ccc(OCc4ccc(C(F)(F)F)cc4)c(Cl)c3)c3cnccc32)c1. The fourth-order valence-electron chi connectivity index (χ4n) is 4.16. The second kappa shape index (κ2) is 10.7. The molecule has 0 radical (unpaired) electrons. The van der Waals surface area contributed by atoms with Crippen LogP contribution < -0.4 is 15.7 Å². The van der Waals surface area contributed by atoms with Gasteiger partial charge in [0.05, 0.1) is 39.2 Å². The van der Waals surface area contributed by atoms with Gasteiger partial charge in [-0.1, -0.05) is 36.4 Å². The van der Waals surface area contributed by atoms with E-state index in [4.69, 9.17) is 16.3 Å². The number of nitrogens with zero attached hydrogens (tertiary/aromatic N) is 3. The molecule has 11 heteroatoms. The summed E-state index contributed by atoms with van der Waals surface area (Å²) in [6.07, 6.45) is -0.146. The molecule has 5 rings (SSSR count). The van der Waals surface area contributed by atoms with Gasteiger partial charge in [0, 0.05) is 11.9 Å². The number of carbonyl (C=O) groups is 1. The fraction of sp³-hybridized carbons (Fsp3) is 0.0690. The topological polar surface area (TPSA) is 78.2 Å². The molecule has 3 aromatic carbocycles. The number of hydrogen-bond acceptors (Lipinski definition) is 4. The first-order chi connectivity index (χ1) is 19.2. The van der Waals surface area contributed by atoms with Crippen LogP contribution in [0.15, 0.2) is 103 Å². The predicted molar refractivity (Wildman–Crippen MR) is 146 cm³/mol. The van der Waals surface area contributed by atoms with Crippen LogP contribution in [0.3, 0.4) is 0 Å². The predicted octanol–water partition coefficient (Wildman–Crippen LogP) is 6.55.